The lowest BCUT2D eigenvalue weighted by molar-refractivity contribution is 0.00578. The van der Waals surface area contributed by atoms with Crippen LogP contribution in [0, 0.1) is 0 Å². The summed E-state index contributed by atoms with van der Waals surface area (Å²) in [6.07, 6.45) is 0. The Morgan fingerprint density at radius 1 is 1.00 bits per heavy atom. The van der Waals surface area contributed by atoms with Crippen molar-refractivity contribution in [3.8, 4) is 5.75 Å². The minimum absolute atomic E-state index is 0.188. The number of ether oxygens (including phenoxy) is 2. The smallest absolute Gasteiger partial charge is 0.497 e. The molecule has 1 fully saturated rings. The van der Waals surface area contributed by atoms with Gasteiger partial charge < -0.3 is 18.8 Å². The van der Waals surface area contributed by atoms with Crippen molar-refractivity contribution in [2.24, 2.45) is 4.99 Å². The molecule has 0 unspecified atom stereocenters. The maximum atomic E-state index is 6.13. The van der Waals surface area contributed by atoms with Gasteiger partial charge in [0.25, 0.3) is 0 Å². The van der Waals surface area contributed by atoms with Gasteiger partial charge in [0.15, 0.2) is 0 Å². The Hall–Kier alpha value is -1.53. The molecule has 26 heavy (non-hydrogen) atoms. The molecule has 0 radical (unpaired) electrons. The van der Waals surface area contributed by atoms with Gasteiger partial charge in [-0.2, -0.15) is 0 Å². The SMILES string of the molecule is CC.COc1cc(C2=NC(C)(C)CO2)ccc1B1OC(C)(C)C(C)(C)O1. The molecule has 6 heteroatoms. The fourth-order valence-electron chi connectivity index (χ4n) is 2.74. The van der Waals surface area contributed by atoms with Gasteiger partial charge in [-0.05, 0) is 53.7 Å². The second-order valence-corrected chi connectivity index (χ2v) is 8.06. The average Bonchev–Trinajstić information content (AvgIpc) is 3.04. The van der Waals surface area contributed by atoms with Crippen LogP contribution in [-0.4, -0.2) is 43.5 Å². The van der Waals surface area contributed by atoms with Gasteiger partial charge in [0.05, 0.1) is 23.9 Å². The van der Waals surface area contributed by atoms with Crippen LogP contribution in [0.5, 0.6) is 5.75 Å². The van der Waals surface area contributed by atoms with Gasteiger partial charge in [0.1, 0.15) is 12.4 Å². The lowest BCUT2D eigenvalue weighted by Crippen LogP contribution is -2.41. The predicted octanol–water partition coefficient (Wildman–Crippen LogP) is 3.58. The number of hydrogen-bond donors (Lipinski definition) is 0. The topological polar surface area (TPSA) is 49.3 Å². The van der Waals surface area contributed by atoms with E-state index in [2.05, 4.69) is 18.8 Å². The first-order chi connectivity index (χ1) is 12.0. The van der Waals surface area contributed by atoms with Crippen molar-refractivity contribution in [2.45, 2.75) is 72.1 Å². The van der Waals surface area contributed by atoms with Gasteiger partial charge in [-0.25, -0.2) is 4.99 Å². The lowest BCUT2D eigenvalue weighted by Gasteiger charge is -2.32. The third-order valence-electron chi connectivity index (χ3n) is 4.95. The van der Waals surface area contributed by atoms with Crippen molar-refractivity contribution >= 4 is 18.5 Å². The van der Waals surface area contributed by atoms with E-state index in [1.54, 1.807) is 7.11 Å². The molecular formula is C20H32BNO4. The van der Waals surface area contributed by atoms with Gasteiger partial charge in [0.2, 0.25) is 5.90 Å². The first kappa shape index (κ1) is 20.8. The van der Waals surface area contributed by atoms with Crippen LogP contribution in [0.2, 0.25) is 0 Å². The summed E-state index contributed by atoms with van der Waals surface area (Å²) in [5.74, 6) is 1.36. The molecule has 1 aromatic carbocycles. The highest BCUT2D eigenvalue weighted by Gasteiger charge is 2.52. The fraction of sp³-hybridized carbons (Fsp3) is 0.650. The molecule has 1 aromatic rings. The van der Waals surface area contributed by atoms with Crippen LogP contribution in [0.4, 0.5) is 0 Å². The Bertz CT molecular complexity index is 666. The van der Waals surface area contributed by atoms with Gasteiger partial charge in [-0.3, -0.25) is 0 Å². The number of methoxy groups -OCH3 is 1. The predicted molar refractivity (Wildman–Crippen MR) is 107 cm³/mol. The highest BCUT2D eigenvalue weighted by Crippen LogP contribution is 2.37. The van der Waals surface area contributed by atoms with Crippen molar-refractivity contribution in [3.05, 3.63) is 23.8 Å². The Morgan fingerprint density at radius 3 is 2.04 bits per heavy atom. The summed E-state index contributed by atoms with van der Waals surface area (Å²) in [6.45, 7) is 16.8. The Labute approximate surface area is 158 Å². The highest BCUT2D eigenvalue weighted by atomic mass is 16.7. The van der Waals surface area contributed by atoms with E-state index in [0.29, 0.717) is 18.3 Å². The second kappa shape index (κ2) is 7.24. The molecule has 0 bridgehead atoms. The first-order valence-electron chi connectivity index (χ1n) is 9.31. The number of rotatable bonds is 3. The molecule has 3 rings (SSSR count). The molecule has 5 nitrogen and oxygen atoms in total. The zero-order valence-electron chi connectivity index (χ0n) is 17.6. The molecule has 2 heterocycles. The van der Waals surface area contributed by atoms with Crippen LogP contribution >= 0.6 is 0 Å². The average molecular weight is 361 g/mol. The molecular weight excluding hydrogens is 329 g/mol. The summed E-state index contributed by atoms with van der Waals surface area (Å²) in [4.78, 5) is 4.62. The van der Waals surface area contributed by atoms with E-state index >= 15 is 0 Å². The zero-order valence-corrected chi connectivity index (χ0v) is 17.6. The Balaban J connectivity index is 0.00000117. The van der Waals surface area contributed by atoms with E-state index < -0.39 is 7.12 Å². The number of benzene rings is 1. The number of hydrogen-bond acceptors (Lipinski definition) is 5. The summed E-state index contributed by atoms with van der Waals surface area (Å²) < 4.78 is 23.5. The maximum absolute atomic E-state index is 6.13. The van der Waals surface area contributed by atoms with Crippen molar-refractivity contribution < 1.29 is 18.8 Å². The summed E-state index contributed by atoms with van der Waals surface area (Å²) in [6, 6.07) is 5.87. The van der Waals surface area contributed by atoms with Crippen LogP contribution in [-0.2, 0) is 14.0 Å². The van der Waals surface area contributed by atoms with Crippen LogP contribution in [0.15, 0.2) is 23.2 Å². The molecule has 0 amide bonds. The molecule has 2 aliphatic rings. The molecule has 0 atom stereocenters. The van der Waals surface area contributed by atoms with E-state index in [4.69, 9.17) is 18.8 Å². The standard InChI is InChI=1S/C18H26BNO4.C2H6/c1-16(2)11-22-15(20-16)12-8-9-13(14(10-12)21-7)19-23-17(3,4)18(5,6)24-19;1-2/h8-10H,11H2,1-7H3;1-2H3. The first-order valence-corrected chi connectivity index (χ1v) is 9.31. The van der Waals surface area contributed by atoms with Crippen molar-refractivity contribution in [3.63, 3.8) is 0 Å². The summed E-state index contributed by atoms with van der Waals surface area (Å²) in [5.41, 5.74) is 0.816. The normalized spacial score (nSPS) is 22.2. The summed E-state index contributed by atoms with van der Waals surface area (Å²) in [5, 5.41) is 0. The fourth-order valence-corrected chi connectivity index (χ4v) is 2.74. The van der Waals surface area contributed by atoms with E-state index in [0.717, 1.165) is 11.0 Å². The number of aliphatic imine (C=N–C) groups is 1. The number of nitrogens with zero attached hydrogens (tertiary/aromatic N) is 1. The molecule has 0 N–H and O–H groups in total. The van der Waals surface area contributed by atoms with Gasteiger partial charge >= 0.3 is 7.12 Å². The van der Waals surface area contributed by atoms with Crippen molar-refractivity contribution in [2.75, 3.05) is 13.7 Å². The van der Waals surface area contributed by atoms with E-state index in [1.165, 1.54) is 0 Å². The van der Waals surface area contributed by atoms with E-state index in [1.807, 2.05) is 59.7 Å². The van der Waals surface area contributed by atoms with Crippen LogP contribution in [0.25, 0.3) is 0 Å². The summed E-state index contributed by atoms with van der Waals surface area (Å²) in [7, 11) is 1.19. The van der Waals surface area contributed by atoms with Crippen LogP contribution < -0.4 is 10.2 Å². The molecule has 144 valence electrons. The van der Waals surface area contributed by atoms with Gasteiger partial charge in [-0.15, -0.1) is 0 Å². The molecule has 1 saturated heterocycles. The zero-order chi connectivity index (χ0) is 19.8. The molecule has 0 aromatic heterocycles. The third kappa shape index (κ3) is 3.91. The molecule has 0 saturated carbocycles. The van der Waals surface area contributed by atoms with Crippen LogP contribution in [0.1, 0.15) is 61.0 Å². The van der Waals surface area contributed by atoms with Crippen molar-refractivity contribution in [1.82, 2.24) is 0 Å². The second-order valence-electron chi connectivity index (χ2n) is 8.06. The summed E-state index contributed by atoms with van der Waals surface area (Å²) >= 11 is 0. The Morgan fingerprint density at radius 2 is 1.58 bits per heavy atom. The monoisotopic (exact) mass is 361 g/mol. The Kier molecular flexibility index (Phi) is 5.79. The van der Waals surface area contributed by atoms with Crippen molar-refractivity contribution in [1.29, 1.82) is 0 Å². The largest absolute Gasteiger partial charge is 0.498 e. The highest BCUT2D eigenvalue weighted by molar-refractivity contribution is 6.63. The third-order valence-corrected chi connectivity index (χ3v) is 4.95. The van der Waals surface area contributed by atoms with Gasteiger partial charge in [0, 0.05) is 11.0 Å². The molecule has 2 aliphatic heterocycles. The van der Waals surface area contributed by atoms with E-state index in [9.17, 15) is 0 Å². The minimum atomic E-state index is -0.457. The molecule has 0 spiro atoms. The quantitative estimate of drug-likeness (QED) is 0.773. The maximum Gasteiger partial charge on any atom is 0.498 e. The van der Waals surface area contributed by atoms with Crippen LogP contribution in [0.3, 0.4) is 0 Å². The molecule has 0 aliphatic carbocycles. The van der Waals surface area contributed by atoms with Gasteiger partial charge in [-0.1, -0.05) is 19.9 Å². The van der Waals surface area contributed by atoms with E-state index in [-0.39, 0.29) is 16.7 Å². The minimum Gasteiger partial charge on any atom is -0.497 e. The lowest BCUT2D eigenvalue weighted by atomic mass is 9.78.